The van der Waals surface area contributed by atoms with E-state index in [4.69, 9.17) is 25.8 Å². The van der Waals surface area contributed by atoms with Gasteiger partial charge in [-0.15, -0.1) is 0 Å². The Kier molecular flexibility index (Phi) is 6.58. The minimum absolute atomic E-state index is 0.205. The van der Waals surface area contributed by atoms with Gasteiger partial charge in [0, 0.05) is 11.6 Å². The van der Waals surface area contributed by atoms with Crippen LogP contribution in [0.1, 0.15) is 26.4 Å². The number of halogens is 1. The summed E-state index contributed by atoms with van der Waals surface area (Å²) in [6, 6.07) is 13.5. The lowest BCUT2D eigenvalue weighted by Gasteiger charge is -2.07. The minimum atomic E-state index is -0.566. The van der Waals surface area contributed by atoms with Gasteiger partial charge in [0.2, 0.25) is 0 Å². The fraction of sp³-hybridized carbons (Fsp3) is 0.190. The zero-order valence-corrected chi connectivity index (χ0v) is 17.4. The summed E-state index contributed by atoms with van der Waals surface area (Å²) >= 11 is 6.08. The maximum Gasteiger partial charge on any atom is 0.356 e. The van der Waals surface area contributed by atoms with Crippen molar-refractivity contribution in [2.45, 2.75) is 6.54 Å². The molecule has 3 aromatic rings. The van der Waals surface area contributed by atoms with Crippen molar-refractivity contribution in [1.82, 2.24) is 9.78 Å². The number of methoxy groups -OCH3 is 3. The van der Waals surface area contributed by atoms with Gasteiger partial charge in [-0.25, -0.2) is 4.79 Å². The number of hydrogen-bond acceptors (Lipinski definition) is 6. The molecule has 0 aliphatic heterocycles. The molecular weight excluding hydrogens is 410 g/mol. The smallest absolute Gasteiger partial charge is 0.356 e. The molecule has 1 aromatic heterocycles. The molecule has 0 aliphatic rings. The second-order valence-electron chi connectivity index (χ2n) is 6.22. The quantitative estimate of drug-likeness (QED) is 0.576. The highest BCUT2D eigenvalue weighted by Gasteiger charge is 2.18. The van der Waals surface area contributed by atoms with E-state index >= 15 is 0 Å². The van der Waals surface area contributed by atoms with Gasteiger partial charge in [-0.1, -0.05) is 23.7 Å². The van der Waals surface area contributed by atoms with Gasteiger partial charge in [-0.3, -0.25) is 9.48 Å². The molecule has 0 aliphatic carbocycles. The van der Waals surface area contributed by atoms with Gasteiger partial charge in [0.15, 0.2) is 5.82 Å². The van der Waals surface area contributed by atoms with Gasteiger partial charge in [0.1, 0.15) is 17.2 Å². The molecule has 8 nitrogen and oxygen atoms in total. The van der Waals surface area contributed by atoms with Gasteiger partial charge >= 0.3 is 5.97 Å². The molecule has 0 saturated carbocycles. The topological polar surface area (TPSA) is 91.7 Å². The number of ether oxygens (including phenoxy) is 3. The van der Waals surface area contributed by atoms with E-state index in [-0.39, 0.29) is 11.5 Å². The van der Waals surface area contributed by atoms with Crippen molar-refractivity contribution in [3.63, 3.8) is 0 Å². The Morgan fingerprint density at radius 2 is 1.77 bits per heavy atom. The van der Waals surface area contributed by atoms with E-state index in [1.807, 2.05) is 24.3 Å². The summed E-state index contributed by atoms with van der Waals surface area (Å²) in [6.45, 7) is 0.304. The van der Waals surface area contributed by atoms with E-state index in [2.05, 4.69) is 10.4 Å². The van der Waals surface area contributed by atoms with E-state index in [9.17, 15) is 9.59 Å². The molecular formula is C21H20ClN3O5. The van der Waals surface area contributed by atoms with Crippen LogP contribution in [0.15, 0.2) is 48.5 Å². The standard InChI is InChI=1S/C21H20ClN3O5/c1-28-15-7-4-13(5-8-15)12-25-17(21(27)30-3)11-19(24-25)23-20(26)14-6-9-18(29-2)16(22)10-14/h4-11H,12H2,1-3H3,(H,23,24,26). The molecule has 0 atom stereocenters. The van der Waals surface area contributed by atoms with E-state index in [1.54, 1.807) is 19.2 Å². The van der Waals surface area contributed by atoms with Crippen LogP contribution in [0.2, 0.25) is 5.02 Å². The number of amides is 1. The van der Waals surface area contributed by atoms with Crippen LogP contribution in [0.3, 0.4) is 0 Å². The molecule has 0 bridgehead atoms. The Morgan fingerprint density at radius 1 is 1.03 bits per heavy atom. The first-order valence-corrected chi connectivity index (χ1v) is 9.27. The molecule has 0 fully saturated rings. The van der Waals surface area contributed by atoms with Crippen LogP contribution >= 0.6 is 11.6 Å². The number of hydrogen-bond donors (Lipinski definition) is 1. The zero-order chi connectivity index (χ0) is 21.7. The molecule has 1 heterocycles. The summed E-state index contributed by atoms with van der Waals surface area (Å²) in [5.74, 6) is 0.401. The first kappa shape index (κ1) is 21.2. The predicted molar refractivity (Wildman–Crippen MR) is 112 cm³/mol. The number of nitrogens with zero attached hydrogens (tertiary/aromatic N) is 2. The lowest BCUT2D eigenvalue weighted by molar-refractivity contribution is 0.0587. The van der Waals surface area contributed by atoms with Gasteiger partial charge < -0.3 is 19.5 Å². The van der Waals surface area contributed by atoms with E-state index < -0.39 is 11.9 Å². The summed E-state index contributed by atoms with van der Waals surface area (Å²) in [5, 5.41) is 7.31. The summed E-state index contributed by atoms with van der Waals surface area (Å²) < 4.78 is 16.5. The van der Waals surface area contributed by atoms with Crippen LogP contribution in [-0.4, -0.2) is 43.0 Å². The maximum absolute atomic E-state index is 12.6. The monoisotopic (exact) mass is 429 g/mol. The molecule has 0 radical (unpaired) electrons. The first-order valence-electron chi connectivity index (χ1n) is 8.89. The van der Waals surface area contributed by atoms with Crippen molar-refractivity contribution >= 4 is 29.3 Å². The van der Waals surface area contributed by atoms with Crippen LogP contribution in [0.25, 0.3) is 0 Å². The van der Waals surface area contributed by atoms with Crippen molar-refractivity contribution in [2.75, 3.05) is 26.6 Å². The fourth-order valence-electron chi connectivity index (χ4n) is 2.77. The molecule has 0 spiro atoms. The average molecular weight is 430 g/mol. The molecule has 2 aromatic carbocycles. The van der Waals surface area contributed by atoms with E-state index in [0.717, 1.165) is 11.3 Å². The zero-order valence-electron chi connectivity index (χ0n) is 16.6. The van der Waals surface area contributed by atoms with Crippen molar-refractivity contribution < 1.29 is 23.8 Å². The van der Waals surface area contributed by atoms with Crippen molar-refractivity contribution in [3.05, 3.63) is 70.4 Å². The average Bonchev–Trinajstić information content (AvgIpc) is 3.15. The molecule has 30 heavy (non-hydrogen) atoms. The normalized spacial score (nSPS) is 10.4. The third-order valence-electron chi connectivity index (χ3n) is 4.32. The number of esters is 1. The molecule has 1 N–H and O–H groups in total. The Hall–Kier alpha value is -3.52. The summed E-state index contributed by atoms with van der Waals surface area (Å²) in [5.41, 5.74) is 1.42. The third kappa shape index (κ3) is 4.72. The molecule has 0 unspecified atom stereocenters. The van der Waals surface area contributed by atoms with Crippen LogP contribution in [-0.2, 0) is 11.3 Å². The maximum atomic E-state index is 12.6. The number of carbonyl (C=O) groups is 2. The molecule has 9 heteroatoms. The molecule has 0 saturated heterocycles. The molecule has 3 rings (SSSR count). The Morgan fingerprint density at radius 3 is 2.37 bits per heavy atom. The Balaban J connectivity index is 1.83. The number of aromatic nitrogens is 2. The summed E-state index contributed by atoms with van der Waals surface area (Å²) in [4.78, 5) is 24.7. The molecule has 1 amide bonds. The Labute approximate surface area is 178 Å². The Bertz CT molecular complexity index is 1060. The number of benzene rings is 2. The SMILES string of the molecule is COC(=O)c1cc(NC(=O)c2ccc(OC)c(Cl)c2)nn1Cc1ccc(OC)cc1. The van der Waals surface area contributed by atoms with Crippen LogP contribution in [0.4, 0.5) is 5.82 Å². The minimum Gasteiger partial charge on any atom is -0.497 e. The van der Waals surface area contributed by atoms with Crippen LogP contribution < -0.4 is 14.8 Å². The highest BCUT2D eigenvalue weighted by molar-refractivity contribution is 6.32. The largest absolute Gasteiger partial charge is 0.497 e. The summed E-state index contributed by atoms with van der Waals surface area (Å²) in [7, 11) is 4.36. The highest BCUT2D eigenvalue weighted by Crippen LogP contribution is 2.25. The van der Waals surface area contributed by atoms with Gasteiger partial charge in [0.05, 0.1) is 32.9 Å². The number of rotatable bonds is 7. The number of anilines is 1. The van der Waals surface area contributed by atoms with Crippen LogP contribution in [0, 0.1) is 0 Å². The third-order valence-corrected chi connectivity index (χ3v) is 4.62. The van der Waals surface area contributed by atoms with Crippen molar-refractivity contribution in [2.24, 2.45) is 0 Å². The predicted octanol–water partition coefficient (Wildman–Crippen LogP) is 3.64. The van der Waals surface area contributed by atoms with Gasteiger partial charge in [-0.2, -0.15) is 5.10 Å². The van der Waals surface area contributed by atoms with E-state index in [0.29, 0.717) is 22.9 Å². The lowest BCUT2D eigenvalue weighted by Crippen LogP contribution is -2.14. The first-order chi connectivity index (χ1) is 14.4. The summed E-state index contributed by atoms with van der Waals surface area (Å²) in [6.07, 6.45) is 0. The number of carbonyl (C=O) groups excluding carboxylic acids is 2. The second-order valence-corrected chi connectivity index (χ2v) is 6.62. The number of nitrogens with one attached hydrogen (secondary N) is 1. The van der Waals surface area contributed by atoms with Crippen molar-refractivity contribution in [3.8, 4) is 11.5 Å². The molecule has 156 valence electrons. The van der Waals surface area contributed by atoms with Gasteiger partial charge in [-0.05, 0) is 35.9 Å². The lowest BCUT2D eigenvalue weighted by atomic mass is 10.2. The van der Waals surface area contributed by atoms with Gasteiger partial charge in [0.25, 0.3) is 5.91 Å². The fourth-order valence-corrected chi connectivity index (χ4v) is 3.02. The van der Waals surface area contributed by atoms with Crippen LogP contribution in [0.5, 0.6) is 11.5 Å². The highest BCUT2D eigenvalue weighted by atomic mass is 35.5. The van der Waals surface area contributed by atoms with Crippen molar-refractivity contribution in [1.29, 1.82) is 0 Å². The second kappa shape index (κ2) is 9.32. The van der Waals surface area contributed by atoms with E-state index in [1.165, 1.54) is 31.0 Å².